The van der Waals surface area contributed by atoms with Gasteiger partial charge in [-0.05, 0) is 84.8 Å². The SMILES string of the molecule is CC(/C=C/C(C)C(C)C)=C1\[C@H](OC2OC(CO)C(O)C(O)C2O)CC2=C3C=C[C@H]4C[C@@H](O)CC[C@]4(C)C3CC[C@@]21C. The van der Waals surface area contributed by atoms with Crippen molar-refractivity contribution >= 4 is 0 Å². The highest BCUT2D eigenvalue weighted by molar-refractivity contribution is 5.52. The van der Waals surface area contributed by atoms with E-state index in [4.69, 9.17) is 9.47 Å². The molecular formula is C34H52O7. The van der Waals surface area contributed by atoms with Crippen molar-refractivity contribution in [3.05, 3.63) is 46.6 Å². The summed E-state index contributed by atoms with van der Waals surface area (Å²) in [7, 11) is 0. The van der Waals surface area contributed by atoms with Crippen LogP contribution in [0.15, 0.2) is 46.6 Å². The first-order chi connectivity index (χ1) is 19.3. The Morgan fingerprint density at radius 2 is 1.80 bits per heavy atom. The highest BCUT2D eigenvalue weighted by atomic mass is 16.7. The van der Waals surface area contributed by atoms with Crippen molar-refractivity contribution in [1.29, 1.82) is 0 Å². The summed E-state index contributed by atoms with van der Waals surface area (Å²) in [6, 6.07) is 0. The van der Waals surface area contributed by atoms with Gasteiger partial charge in [-0.1, -0.05) is 64.5 Å². The minimum Gasteiger partial charge on any atom is -0.394 e. The van der Waals surface area contributed by atoms with Crippen molar-refractivity contribution < 1.29 is 35.0 Å². The second kappa shape index (κ2) is 11.6. The molecule has 0 aromatic carbocycles. The summed E-state index contributed by atoms with van der Waals surface area (Å²) in [6.45, 7) is 13.1. The quantitative estimate of drug-likeness (QED) is 0.324. The Morgan fingerprint density at radius 1 is 1.07 bits per heavy atom. The molecule has 12 atom stereocenters. The van der Waals surface area contributed by atoms with Crippen LogP contribution in [0.25, 0.3) is 0 Å². The lowest BCUT2D eigenvalue weighted by Gasteiger charge is -2.53. The molecule has 1 heterocycles. The van der Waals surface area contributed by atoms with Gasteiger partial charge in [0.15, 0.2) is 6.29 Å². The summed E-state index contributed by atoms with van der Waals surface area (Å²) < 4.78 is 12.4. The second-order valence-electron chi connectivity index (χ2n) is 14.3. The van der Waals surface area contributed by atoms with E-state index in [1.54, 1.807) is 0 Å². The van der Waals surface area contributed by atoms with Gasteiger partial charge in [-0.2, -0.15) is 0 Å². The molecule has 7 unspecified atom stereocenters. The zero-order valence-corrected chi connectivity index (χ0v) is 25.7. The topological polar surface area (TPSA) is 120 Å². The van der Waals surface area contributed by atoms with Crippen molar-refractivity contribution in [2.24, 2.45) is 34.5 Å². The van der Waals surface area contributed by atoms with Crippen molar-refractivity contribution in [2.45, 2.75) is 123 Å². The average Bonchev–Trinajstić information content (AvgIpc) is 3.23. The highest BCUT2D eigenvalue weighted by Crippen LogP contribution is 2.64. The number of rotatable bonds is 6. The van der Waals surface area contributed by atoms with Crippen LogP contribution in [0.5, 0.6) is 0 Å². The van der Waals surface area contributed by atoms with E-state index in [9.17, 15) is 25.5 Å². The van der Waals surface area contributed by atoms with Crippen LogP contribution in [0.4, 0.5) is 0 Å². The third kappa shape index (κ3) is 5.34. The molecule has 1 aliphatic heterocycles. The summed E-state index contributed by atoms with van der Waals surface area (Å²) in [5.41, 5.74) is 5.01. The van der Waals surface area contributed by atoms with Gasteiger partial charge in [0.25, 0.3) is 0 Å². The minimum absolute atomic E-state index is 0.124. The van der Waals surface area contributed by atoms with Crippen LogP contribution in [0.2, 0.25) is 0 Å². The molecule has 7 heteroatoms. The van der Waals surface area contributed by atoms with Crippen LogP contribution in [0, 0.1) is 34.5 Å². The highest BCUT2D eigenvalue weighted by Gasteiger charge is 2.56. The molecule has 5 aliphatic rings. The molecule has 5 rings (SSSR count). The Balaban J connectivity index is 1.56. The summed E-state index contributed by atoms with van der Waals surface area (Å²) >= 11 is 0. The third-order valence-electron chi connectivity index (χ3n) is 11.6. The molecule has 2 saturated carbocycles. The van der Waals surface area contributed by atoms with Gasteiger partial charge in [0.05, 0.1) is 18.8 Å². The fraction of sp³-hybridized carbons (Fsp3) is 0.765. The molecule has 0 aromatic rings. The maximum absolute atomic E-state index is 10.8. The molecule has 5 N–H and O–H groups in total. The van der Waals surface area contributed by atoms with Crippen molar-refractivity contribution in [3.8, 4) is 0 Å². The van der Waals surface area contributed by atoms with Crippen LogP contribution < -0.4 is 0 Å². The molecule has 0 bridgehead atoms. The molecule has 230 valence electrons. The number of aliphatic hydroxyl groups is 5. The van der Waals surface area contributed by atoms with Crippen molar-refractivity contribution in [1.82, 2.24) is 0 Å². The van der Waals surface area contributed by atoms with Gasteiger partial charge in [0.1, 0.15) is 24.4 Å². The first-order valence-electron chi connectivity index (χ1n) is 15.8. The average molecular weight is 573 g/mol. The number of fused-ring (bicyclic) bond motifs is 4. The first-order valence-corrected chi connectivity index (χ1v) is 15.8. The molecule has 1 saturated heterocycles. The molecule has 0 radical (unpaired) electrons. The van der Waals surface area contributed by atoms with Crippen LogP contribution in [-0.2, 0) is 9.47 Å². The van der Waals surface area contributed by atoms with Gasteiger partial charge in [0, 0.05) is 11.8 Å². The van der Waals surface area contributed by atoms with Gasteiger partial charge in [0.2, 0.25) is 0 Å². The second-order valence-corrected chi connectivity index (χ2v) is 14.3. The monoisotopic (exact) mass is 572 g/mol. The minimum atomic E-state index is -1.48. The van der Waals surface area contributed by atoms with Crippen LogP contribution in [0.1, 0.15) is 80.1 Å². The van der Waals surface area contributed by atoms with Crippen molar-refractivity contribution in [3.63, 3.8) is 0 Å². The summed E-state index contributed by atoms with van der Waals surface area (Å²) in [5, 5.41) is 51.7. The number of aliphatic hydroxyl groups excluding tert-OH is 5. The molecule has 41 heavy (non-hydrogen) atoms. The maximum atomic E-state index is 10.8. The van der Waals surface area contributed by atoms with Crippen LogP contribution >= 0.6 is 0 Å². The zero-order chi connectivity index (χ0) is 29.9. The summed E-state index contributed by atoms with van der Waals surface area (Å²) in [5.74, 6) is 1.74. The molecule has 0 amide bonds. The molecule has 4 aliphatic carbocycles. The Morgan fingerprint density at radius 3 is 2.49 bits per heavy atom. The summed E-state index contributed by atoms with van der Waals surface area (Å²) in [6.07, 6.45) is 7.42. The van der Waals surface area contributed by atoms with E-state index in [1.807, 2.05) is 0 Å². The van der Waals surface area contributed by atoms with Gasteiger partial charge in [-0.3, -0.25) is 0 Å². The fourth-order valence-corrected chi connectivity index (χ4v) is 8.50. The van der Waals surface area contributed by atoms with E-state index in [0.717, 1.165) is 37.7 Å². The van der Waals surface area contributed by atoms with Gasteiger partial charge in [-0.25, -0.2) is 0 Å². The Bertz CT molecular complexity index is 1100. The fourth-order valence-electron chi connectivity index (χ4n) is 8.50. The van der Waals surface area contributed by atoms with Gasteiger partial charge >= 0.3 is 0 Å². The number of hydrogen-bond acceptors (Lipinski definition) is 7. The molecule has 0 aromatic heterocycles. The lowest BCUT2D eigenvalue weighted by Crippen LogP contribution is -2.59. The van der Waals surface area contributed by atoms with E-state index in [-0.39, 0.29) is 23.0 Å². The summed E-state index contributed by atoms with van der Waals surface area (Å²) in [4.78, 5) is 0. The molecule has 3 fully saturated rings. The van der Waals surface area contributed by atoms with E-state index in [2.05, 4.69) is 65.8 Å². The third-order valence-corrected chi connectivity index (χ3v) is 11.6. The van der Waals surface area contributed by atoms with Crippen molar-refractivity contribution in [2.75, 3.05) is 6.61 Å². The normalized spacial score (nSPS) is 46.5. The Labute approximate surface area is 245 Å². The van der Waals surface area contributed by atoms with Crippen LogP contribution in [-0.4, -0.2) is 75.1 Å². The molecule has 0 spiro atoms. The van der Waals surface area contributed by atoms with Gasteiger partial charge < -0.3 is 35.0 Å². The standard InChI is InChI=1S/C34H52O7/c1-18(2)19(3)7-8-20(4)28-26(40-32-31(39)30(38)29(37)27(17-35)41-32)16-25-23-10-9-21-15-22(36)11-13-33(21,5)24(23)12-14-34(25,28)6/h7-10,18-19,21-22,24,26-27,29-32,35-39H,11-17H2,1-6H3/b8-7+,28-20-/t19?,21-,22-,24?,26+,27?,29?,30?,31?,32?,33-,34-/m0/s1. The van der Waals surface area contributed by atoms with E-state index < -0.39 is 37.3 Å². The van der Waals surface area contributed by atoms with Crippen LogP contribution in [0.3, 0.4) is 0 Å². The predicted octanol–water partition coefficient (Wildman–Crippen LogP) is 4.19. The largest absolute Gasteiger partial charge is 0.394 e. The van der Waals surface area contributed by atoms with Gasteiger partial charge in [-0.15, -0.1) is 0 Å². The number of allylic oxidation sites excluding steroid dienone is 6. The van der Waals surface area contributed by atoms with E-state index in [1.165, 1.54) is 16.7 Å². The predicted molar refractivity (Wildman–Crippen MR) is 158 cm³/mol. The lowest BCUT2D eigenvalue weighted by molar-refractivity contribution is -0.307. The Kier molecular flexibility index (Phi) is 8.84. The molecular weight excluding hydrogens is 520 g/mol. The zero-order valence-electron chi connectivity index (χ0n) is 25.7. The van der Waals surface area contributed by atoms with E-state index in [0.29, 0.717) is 30.1 Å². The smallest absolute Gasteiger partial charge is 0.187 e. The maximum Gasteiger partial charge on any atom is 0.187 e. The Hall–Kier alpha value is -1.32. The lowest BCUT2D eigenvalue weighted by atomic mass is 9.51. The number of ether oxygens (including phenoxy) is 2. The molecule has 7 nitrogen and oxygen atoms in total. The van der Waals surface area contributed by atoms with E-state index >= 15 is 0 Å². The first kappa shape index (κ1) is 31.1. The number of hydrogen-bond donors (Lipinski definition) is 5.